The van der Waals surface area contributed by atoms with Gasteiger partial charge in [0.15, 0.2) is 0 Å². The van der Waals surface area contributed by atoms with E-state index in [1.807, 2.05) is 45.2 Å². The summed E-state index contributed by atoms with van der Waals surface area (Å²) in [6, 6.07) is 11.3. The molecule has 0 radical (unpaired) electrons. The van der Waals surface area contributed by atoms with Gasteiger partial charge >= 0.3 is 6.09 Å². The van der Waals surface area contributed by atoms with E-state index in [0.717, 1.165) is 30.0 Å². The van der Waals surface area contributed by atoms with E-state index in [9.17, 15) is 9.59 Å². The normalized spacial score (nSPS) is 14.8. The Balaban J connectivity index is 1.47. The van der Waals surface area contributed by atoms with Gasteiger partial charge in [0.05, 0.1) is 5.69 Å². The van der Waals surface area contributed by atoms with Crippen LogP contribution in [-0.2, 0) is 16.1 Å². The molecule has 2 amide bonds. The SMILES string of the molecule is CC(=O)Nc1ccc(OCc2ccc(C3CCN(C(=O)OC(C)(C)C)CC3)cn2)cc1. The third kappa shape index (κ3) is 6.98. The van der Waals surface area contributed by atoms with E-state index < -0.39 is 5.60 Å². The van der Waals surface area contributed by atoms with Crippen LogP contribution < -0.4 is 10.1 Å². The van der Waals surface area contributed by atoms with Crippen LogP contribution in [-0.4, -0.2) is 40.6 Å². The topological polar surface area (TPSA) is 80.8 Å². The molecule has 2 heterocycles. The number of anilines is 1. The minimum absolute atomic E-state index is 0.103. The second kappa shape index (κ2) is 9.81. The van der Waals surface area contributed by atoms with Crippen LogP contribution in [0.2, 0.25) is 0 Å². The average molecular weight is 426 g/mol. The Kier molecular flexibility index (Phi) is 7.15. The van der Waals surface area contributed by atoms with Crippen LogP contribution in [0.25, 0.3) is 0 Å². The van der Waals surface area contributed by atoms with Crippen LogP contribution in [0.4, 0.5) is 10.5 Å². The van der Waals surface area contributed by atoms with Gasteiger partial charge in [0, 0.05) is 31.9 Å². The maximum Gasteiger partial charge on any atom is 0.410 e. The van der Waals surface area contributed by atoms with Gasteiger partial charge in [-0.15, -0.1) is 0 Å². The van der Waals surface area contributed by atoms with E-state index >= 15 is 0 Å². The number of carbonyl (C=O) groups excluding carboxylic acids is 2. The number of ether oxygens (including phenoxy) is 2. The third-order valence-corrected chi connectivity index (χ3v) is 5.03. The van der Waals surface area contributed by atoms with Crippen LogP contribution in [0.3, 0.4) is 0 Å². The number of piperidine rings is 1. The quantitative estimate of drug-likeness (QED) is 0.749. The summed E-state index contributed by atoms with van der Waals surface area (Å²) in [6.45, 7) is 8.89. The molecule has 0 bridgehead atoms. The summed E-state index contributed by atoms with van der Waals surface area (Å²) in [4.78, 5) is 29.6. The third-order valence-electron chi connectivity index (χ3n) is 5.03. The summed E-state index contributed by atoms with van der Waals surface area (Å²) in [5.41, 5.74) is 2.30. The molecule has 1 aliphatic rings. The number of carbonyl (C=O) groups is 2. The van der Waals surface area contributed by atoms with E-state index in [4.69, 9.17) is 9.47 Å². The predicted octanol–water partition coefficient (Wildman–Crippen LogP) is 4.73. The van der Waals surface area contributed by atoms with Crippen LogP contribution in [0, 0.1) is 0 Å². The van der Waals surface area contributed by atoms with E-state index in [1.165, 1.54) is 12.5 Å². The molecule has 2 aromatic rings. The predicted molar refractivity (Wildman–Crippen MR) is 119 cm³/mol. The monoisotopic (exact) mass is 425 g/mol. The van der Waals surface area contributed by atoms with E-state index in [-0.39, 0.29) is 12.0 Å². The molecule has 1 saturated heterocycles. The highest BCUT2D eigenvalue weighted by Crippen LogP contribution is 2.28. The Labute approximate surface area is 183 Å². The number of nitrogens with zero attached hydrogens (tertiary/aromatic N) is 2. The first-order chi connectivity index (χ1) is 14.7. The first kappa shape index (κ1) is 22.6. The molecular weight excluding hydrogens is 394 g/mol. The fourth-order valence-electron chi connectivity index (χ4n) is 3.48. The highest BCUT2D eigenvalue weighted by Gasteiger charge is 2.27. The minimum atomic E-state index is -0.469. The fraction of sp³-hybridized carbons (Fsp3) is 0.458. The standard InChI is InChI=1S/C24H31N3O4/c1-17(28)26-20-7-9-22(10-8-20)30-16-21-6-5-19(15-25-21)18-11-13-27(14-12-18)23(29)31-24(2,3)4/h5-10,15,18H,11-14,16H2,1-4H3,(H,26,28). The molecule has 1 aromatic heterocycles. The Morgan fingerprint density at radius 1 is 1.10 bits per heavy atom. The zero-order valence-corrected chi connectivity index (χ0v) is 18.7. The first-order valence-corrected chi connectivity index (χ1v) is 10.6. The highest BCUT2D eigenvalue weighted by atomic mass is 16.6. The van der Waals surface area contributed by atoms with Crippen molar-refractivity contribution < 1.29 is 19.1 Å². The van der Waals surface area contributed by atoms with Crippen LogP contribution in [0.1, 0.15) is 57.7 Å². The van der Waals surface area contributed by atoms with Crippen molar-refractivity contribution in [2.24, 2.45) is 0 Å². The number of aromatic nitrogens is 1. The molecule has 7 nitrogen and oxygen atoms in total. The summed E-state index contributed by atoms with van der Waals surface area (Å²) in [5.74, 6) is 1.01. The number of benzene rings is 1. The molecule has 31 heavy (non-hydrogen) atoms. The second-order valence-electron chi connectivity index (χ2n) is 8.82. The number of amides is 2. The van der Waals surface area contributed by atoms with Gasteiger partial charge in [-0.1, -0.05) is 6.07 Å². The number of hydrogen-bond acceptors (Lipinski definition) is 5. The van der Waals surface area contributed by atoms with Crippen molar-refractivity contribution in [3.8, 4) is 5.75 Å². The number of likely N-dealkylation sites (tertiary alicyclic amines) is 1. The molecule has 1 fully saturated rings. The average Bonchev–Trinajstić information content (AvgIpc) is 2.72. The van der Waals surface area contributed by atoms with Gasteiger partial charge in [0.1, 0.15) is 18.0 Å². The van der Waals surface area contributed by atoms with Gasteiger partial charge in [0.2, 0.25) is 5.91 Å². The van der Waals surface area contributed by atoms with Gasteiger partial charge in [-0.25, -0.2) is 4.79 Å². The van der Waals surface area contributed by atoms with Crippen molar-refractivity contribution in [1.29, 1.82) is 0 Å². The zero-order valence-electron chi connectivity index (χ0n) is 18.7. The van der Waals surface area contributed by atoms with Crippen molar-refractivity contribution in [1.82, 2.24) is 9.88 Å². The molecule has 1 N–H and O–H groups in total. The molecule has 0 aliphatic carbocycles. The summed E-state index contributed by atoms with van der Waals surface area (Å²) >= 11 is 0. The number of pyridine rings is 1. The van der Waals surface area contributed by atoms with Crippen molar-refractivity contribution in [2.75, 3.05) is 18.4 Å². The number of rotatable bonds is 5. The van der Waals surface area contributed by atoms with Crippen LogP contribution >= 0.6 is 0 Å². The molecule has 1 aliphatic heterocycles. The Morgan fingerprint density at radius 3 is 2.32 bits per heavy atom. The summed E-state index contributed by atoms with van der Waals surface area (Å²) < 4.78 is 11.2. The molecule has 1 aromatic carbocycles. The molecule has 0 unspecified atom stereocenters. The lowest BCUT2D eigenvalue weighted by molar-refractivity contribution is -0.114. The highest BCUT2D eigenvalue weighted by molar-refractivity contribution is 5.88. The molecule has 0 atom stereocenters. The maximum atomic E-state index is 12.2. The van der Waals surface area contributed by atoms with Crippen molar-refractivity contribution >= 4 is 17.7 Å². The first-order valence-electron chi connectivity index (χ1n) is 10.6. The van der Waals surface area contributed by atoms with Gasteiger partial charge < -0.3 is 19.7 Å². The summed E-state index contributed by atoms with van der Waals surface area (Å²) in [7, 11) is 0. The number of hydrogen-bond donors (Lipinski definition) is 1. The molecule has 0 saturated carbocycles. The summed E-state index contributed by atoms with van der Waals surface area (Å²) in [6.07, 6.45) is 3.47. The van der Waals surface area contributed by atoms with Gasteiger partial charge in [0.25, 0.3) is 0 Å². The molecule has 166 valence electrons. The van der Waals surface area contributed by atoms with Gasteiger partial charge in [-0.05, 0) is 75.4 Å². The lowest BCUT2D eigenvalue weighted by Crippen LogP contribution is -2.41. The Morgan fingerprint density at radius 2 is 1.77 bits per heavy atom. The smallest absolute Gasteiger partial charge is 0.410 e. The number of nitrogens with one attached hydrogen (secondary N) is 1. The van der Waals surface area contributed by atoms with Gasteiger partial charge in [-0.2, -0.15) is 0 Å². The van der Waals surface area contributed by atoms with E-state index in [1.54, 1.807) is 17.0 Å². The minimum Gasteiger partial charge on any atom is -0.487 e. The maximum absolute atomic E-state index is 12.2. The Bertz CT molecular complexity index is 881. The van der Waals surface area contributed by atoms with E-state index in [2.05, 4.69) is 16.4 Å². The van der Waals surface area contributed by atoms with Crippen LogP contribution in [0.15, 0.2) is 42.6 Å². The molecule has 7 heteroatoms. The van der Waals surface area contributed by atoms with Crippen molar-refractivity contribution in [3.05, 3.63) is 53.9 Å². The molecule has 0 spiro atoms. The van der Waals surface area contributed by atoms with Crippen molar-refractivity contribution in [2.45, 2.75) is 58.7 Å². The summed E-state index contributed by atoms with van der Waals surface area (Å²) in [5, 5.41) is 2.73. The Hall–Kier alpha value is -3.09. The van der Waals surface area contributed by atoms with E-state index in [0.29, 0.717) is 25.6 Å². The lowest BCUT2D eigenvalue weighted by Gasteiger charge is -2.33. The molecular formula is C24H31N3O4. The zero-order chi connectivity index (χ0) is 22.4. The largest absolute Gasteiger partial charge is 0.487 e. The molecule has 3 rings (SSSR count). The second-order valence-corrected chi connectivity index (χ2v) is 8.82. The van der Waals surface area contributed by atoms with Gasteiger partial charge in [-0.3, -0.25) is 9.78 Å². The fourth-order valence-corrected chi connectivity index (χ4v) is 3.48. The lowest BCUT2D eigenvalue weighted by atomic mass is 9.90. The van der Waals surface area contributed by atoms with Crippen molar-refractivity contribution in [3.63, 3.8) is 0 Å². The van der Waals surface area contributed by atoms with Crippen LogP contribution in [0.5, 0.6) is 5.75 Å².